The average Bonchev–Trinajstić information content (AvgIpc) is 3.10. The molecule has 0 radical (unpaired) electrons. The Balaban J connectivity index is 1.98. The summed E-state index contributed by atoms with van der Waals surface area (Å²) < 4.78 is 10.7. The van der Waals surface area contributed by atoms with Gasteiger partial charge in [0.15, 0.2) is 11.5 Å². The SMILES string of the molecule is CCN(C(=O)c1sc(-c2ccc(OC)c(OC)c2)nc1C)c1ccccc1C. The predicted molar refractivity (Wildman–Crippen MR) is 114 cm³/mol. The van der Waals surface area contributed by atoms with E-state index in [4.69, 9.17) is 9.47 Å². The zero-order chi connectivity index (χ0) is 20.3. The molecular formula is C22H24N2O3S. The molecule has 1 aromatic heterocycles. The molecule has 0 aliphatic rings. The van der Waals surface area contributed by atoms with E-state index in [0.717, 1.165) is 27.5 Å². The van der Waals surface area contributed by atoms with E-state index in [1.165, 1.54) is 11.3 Å². The molecule has 1 amide bonds. The van der Waals surface area contributed by atoms with Gasteiger partial charge >= 0.3 is 0 Å². The summed E-state index contributed by atoms with van der Waals surface area (Å²) in [4.78, 5) is 20.4. The Kier molecular flexibility index (Phi) is 5.99. The highest BCUT2D eigenvalue weighted by Gasteiger charge is 2.23. The number of hydrogen-bond donors (Lipinski definition) is 0. The highest BCUT2D eigenvalue weighted by molar-refractivity contribution is 7.17. The molecular weight excluding hydrogens is 372 g/mol. The van der Waals surface area contributed by atoms with Gasteiger partial charge in [0.1, 0.15) is 9.88 Å². The number of benzene rings is 2. The van der Waals surface area contributed by atoms with E-state index in [1.54, 1.807) is 19.1 Å². The Morgan fingerprint density at radius 1 is 1.07 bits per heavy atom. The normalized spacial score (nSPS) is 10.6. The Morgan fingerprint density at radius 2 is 1.79 bits per heavy atom. The van der Waals surface area contributed by atoms with Crippen molar-refractivity contribution in [2.24, 2.45) is 0 Å². The summed E-state index contributed by atoms with van der Waals surface area (Å²) in [6, 6.07) is 13.6. The van der Waals surface area contributed by atoms with Crippen LogP contribution in [0.2, 0.25) is 0 Å². The zero-order valence-corrected chi connectivity index (χ0v) is 17.6. The summed E-state index contributed by atoms with van der Waals surface area (Å²) in [6.07, 6.45) is 0. The van der Waals surface area contributed by atoms with Crippen LogP contribution in [0.4, 0.5) is 5.69 Å². The Labute approximate surface area is 169 Å². The highest BCUT2D eigenvalue weighted by atomic mass is 32.1. The van der Waals surface area contributed by atoms with Gasteiger partial charge in [0.05, 0.1) is 19.9 Å². The van der Waals surface area contributed by atoms with E-state index in [2.05, 4.69) is 4.98 Å². The quantitative estimate of drug-likeness (QED) is 0.581. The topological polar surface area (TPSA) is 51.7 Å². The molecule has 0 bridgehead atoms. The molecule has 0 N–H and O–H groups in total. The molecule has 28 heavy (non-hydrogen) atoms. The van der Waals surface area contributed by atoms with Crippen LogP contribution in [0.5, 0.6) is 11.5 Å². The maximum Gasteiger partial charge on any atom is 0.270 e. The minimum absolute atomic E-state index is 0.0291. The van der Waals surface area contributed by atoms with Crippen molar-refractivity contribution in [3.05, 3.63) is 58.6 Å². The van der Waals surface area contributed by atoms with E-state index >= 15 is 0 Å². The third-order valence-corrected chi connectivity index (χ3v) is 5.78. The molecule has 146 valence electrons. The van der Waals surface area contributed by atoms with Crippen LogP contribution in [0.15, 0.2) is 42.5 Å². The van der Waals surface area contributed by atoms with Crippen molar-refractivity contribution in [3.8, 4) is 22.1 Å². The molecule has 2 aromatic carbocycles. The third kappa shape index (κ3) is 3.73. The van der Waals surface area contributed by atoms with Crippen molar-refractivity contribution in [2.45, 2.75) is 20.8 Å². The van der Waals surface area contributed by atoms with Crippen molar-refractivity contribution in [1.82, 2.24) is 4.98 Å². The van der Waals surface area contributed by atoms with Crippen LogP contribution in [0, 0.1) is 13.8 Å². The van der Waals surface area contributed by atoms with Crippen molar-refractivity contribution >= 4 is 22.9 Å². The van der Waals surface area contributed by atoms with Crippen molar-refractivity contribution in [1.29, 1.82) is 0 Å². The summed E-state index contributed by atoms with van der Waals surface area (Å²) >= 11 is 1.40. The molecule has 0 aliphatic heterocycles. The first-order valence-electron chi connectivity index (χ1n) is 9.07. The molecule has 3 aromatic rings. The monoisotopic (exact) mass is 396 g/mol. The predicted octanol–water partition coefficient (Wildman–Crippen LogP) is 5.11. The second-order valence-corrected chi connectivity index (χ2v) is 7.34. The van der Waals surface area contributed by atoms with Gasteiger partial charge in [-0.1, -0.05) is 18.2 Å². The fourth-order valence-corrected chi connectivity index (χ4v) is 4.11. The maximum absolute atomic E-state index is 13.3. The maximum atomic E-state index is 13.3. The molecule has 0 aliphatic carbocycles. The number of rotatable bonds is 6. The standard InChI is InChI=1S/C22H24N2O3S/c1-6-24(17-10-8-7-9-14(17)2)22(25)20-15(3)23-21(28-20)16-11-12-18(26-4)19(13-16)27-5/h7-13H,6H2,1-5H3. The Bertz CT molecular complexity index is 997. The first kappa shape index (κ1) is 19.9. The van der Waals surface area contributed by atoms with Gasteiger partial charge in [-0.2, -0.15) is 0 Å². The average molecular weight is 397 g/mol. The number of para-hydroxylation sites is 1. The number of nitrogens with zero attached hydrogens (tertiary/aromatic N) is 2. The van der Waals surface area contributed by atoms with Crippen LogP contribution >= 0.6 is 11.3 Å². The van der Waals surface area contributed by atoms with E-state index < -0.39 is 0 Å². The number of hydrogen-bond acceptors (Lipinski definition) is 5. The number of carbonyl (C=O) groups is 1. The first-order chi connectivity index (χ1) is 13.5. The summed E-state index contributed by atoms with van der Waals surface area (Å²) in [5.41, 5.74) is 3.62. The second kappa shape index (κ2) is 8.44. The molecule has 1 heterocycles. The van der Waals surface area contributed by atoms with Gasteiger partial charge in [-0.3, -0.25) is 4.79 Å². The van der Waals surface area contributed by atoms with Crippen LogP contribution in [0.1, 0.15) is 27.9 Å². The zero-order valence-electron chi connectivity index (χ0n) is 16.8. The highest BCUT2D eigenvalue weighted by Crippen LogP contribution is 2.35. The smallest absolute Gasteiger partial charge is 0.270 e. The van der Waals surface area contributed by atoms with Crippen LogP contribution < -0.4 is 14.4 Å². The molecule has 0 saturated carbocycles. The molecule has 6 heteroatoms. The van der Waals surface area contributed by atoms with Gasteiger partial charge < -0.3 is 14.4 Å². The molecule has 0 spiro atoms. The van der Waals surface area contributed by atoms with Gasteiger partial charge in [-0.25, -0.2) is 4.98 Å². The molecule has 0 fully saturated rings. The molecule has 0 unspecified atom stereocenters. The fourth-order valence-electron chi connectivity index (χ4n) is 3.10. The van der Waals surface area contributed by atoms with E-state index in [-0.39, 0.29) is 5.91 Å². The second-order valence-electron chi connectivity index (χ2n) is 6.34. The lowest BCUT2D eigenvalue weighted by atomic mass is 10.1. The van der Waals surface area contributed by atoms with E-state index in [9.17, 15) is 4.79 Å². The molecule has 0 saturated heterocycles. The summed E-state index contributed by atoms with van der Waals surface area (Å²) in [7, 11) is 3.21. The lowest BCUT2D eigenvalue weighted by Crippen LogP contribution is -2.31. The number of methoxy groups -OCH3 is 2. The molecule has 5 nitrogen and oxygen atoms in total. The van der Waals surface area contributed by atoms with Crippen molar-refractivity contribution in [2.75, 3.05) is 25.7 Å². The van der Waals surface area contributed by atoms with E-state index in [1.807, 2.05) is 63.2 Å². The van der Waals surface area contributed by atoms with E-state index in [0.29, 0.717) is 22.9 Å². The number of thiazole rings is 1. The minimum Gasteiger partial charge on any atom is -0.493 e. The summed E-state index contributed by atoms with van der Waals surface area (Å²) in [6.45, 7) is 6.46. The minimum atomic E-state index is -0.0291. The van der Waals surface area contributed by atoms with Crippen LogP contribution in [0.3, 0.4) is 0 Å². The van der Waals surface area contributed by atoms with Gasteiger partial charge in [0, 0.05) is 17.8 Å². The molecule has 0 atom stereocenters. The fraction of sp³-hybridized carbons (Fsp3) is 0.273. The Hall–Kier alpha value is -2.86. The van der Waals surface area contributed by atoms with Gasteiger partial charge in [-0.05, 0) is 50.6 Å². The number of amides is 1. The number of carbonyl (C=O) groups excluding carboxylic acids is 1. The molecule has 3 rings (SSSR count). The van der Waals surface area contributed by atoms with Gasteiger partial charge in [-0.15, -0.1) is 11.3 Å². The van der Waals surface area contributed by atoms with Crippen molar-refractivity contribution in [3.63, 3.8) is 0 Å². The summed E-state index contributed by atoms with van der Waals surface area (Å²) in [5, 5.41) is 0.780. The van der Waals surface area contributed by atoms with Crippen LogP contribution in [-0.4, -0.2) is 31.7 Å². The van der Waals surface area contributed by atoms with Gasteiger partial charge in [0.2, 0.25) is 0 Å². The number of ether oxygens (including phenoxy) is 2. The van der Waals surface area contributed by atoms with Crippen LogP contribution in [0.25, 0.3) is 10.6 Å². The third-order valence-electron chi connectivity index (χ3n) is 4.59. The van der Waals surface area contributed by atoms with Gasteiger partial charge in [0.25, 0.3) is 5.91 Å². The lowest BCUT2D eigenvalue weighted by molar-refractivity contribution is 0.0991. The number of anilines is 1. The largest absolute Gasteiger partial charge is 0.493 e. The Morgan fingerprint density at radius 3 is 2.43 bits per heavy atom. The van der Waals surface area contributed by atoms with Crippen molar-refractivity contribution < 1.29 is 14.3 Å². The summed E-state index contributed by atoms with van der Waals surface area (Å²) in [5.74, 6) is 1.27. The number of aromatic nitrogens is 1. The lowest BCUT2D eigenvalue weighted by Gasteiger charge is -2.22. The van der Waals surface area contributed by atoms with Crippen LogP contribution in [-0.2, 0) is 0 Å². The number of aryl methyl sites for hydroxylation is 2. The first-order valence-corrected chi connectivity index (χ1v) is 9.89.